The average molecular weight is 829 g/mol. The van der Waals surface area contributed by atoms with E-state index in [0.717, 1.165) is 11.4 Å². The minimum absolute atomic E-state index is 0.0210. The van der Waals surface area contributed by atoms with Gasteiger partial charge >= 0.3 is 0 Å². The number of fused-ring (bicyclic) bond motifs is 4. The van der Waals surface area contributed by atoms with Gasteiger partial charge in [0.15, 0.2) is 0 Å². The van der Waals surface area contributed by atoms with E-state index in [0.29, 0.717) is 0 Å². The van der Waals surface area contributed by atoms with E-state index in [1.807, 2.05) is 0 Å². The van der Waals surface area contributed by atoms with Gasteiger partial charge in [0.1, 0.15) is 0 Å². The zero-order valence-corrected chi connectivity index (χ0v) is 36.2. The molecule has 2 aliphatic rings. The second-order valence-corrected chi connectivity index (χ2v) is 17.3. The van der Waals surface area contributed by atoms with Crippen molar-refractivity contribution in [3.05, 3.63) is 283 Å². The van der Waals surface area contributed by atoms with Gasteiger partial charge in [0.2, 0.25) is 0 Å². The molecule has 0 fully saturated rings. The number of rotatable bonds is 8. The van der Waals surface area contributed by atoms with Crippen LogP contribution >= 0.6 is 0 Å². The quantitative estimate of drug-likeness (QED) is 0.111. The van der Waals surface area contributed by atoms with E-state index in [1.165, 1.54) is 89.2 Å². The molecule has 0 saturated heterocycles. The summed E-state index contributed by atoms with van der Waals surface area (Å²) in [5, 5.41) is 0. The van der Waals surface area contributed by atoms with Crippen LogP contribution in [0.25, 0.3) is 22.3 Å². The summed E-state index contributed by atoms with van der Waals surface area (Å²) in [5.74, 6) is 0. The molecule has 306 valence electrons. The monoisotopic (exact) mass is 828 g/mol. The molecule has 3 heteroatoms. The van der Waals surface area contributed by atoms with E-state index < -0.39 is 5.41 Å². The van der Waals surface area contributed by atoms with Gasteiger partial charge in [0.05, 0.1) is 5.41 Å². The first-order valence-corrected chi connectivity index (χ1v) is 22.6. The van der Waals surface area contributed by atoms with Gasteiger partial charge < -0.3 is 9.80 Å². The Morgan fingerprint density at radius 1 is 0.308 bits per heavy atom. The molecule has 2 aliphatic heterocycles. The van der Waals surface area contributed by atoms with Crippen molar-refractivity contribution in [3.8, 4) is 22.3 Å². The van der Waals surface area contributed by atoms with Crippen LogP contribution in [0.15, 0.2) is 255 Å². The van der Waals surface area contributed by atoms with Crippen molar-refractivity contribution in [2.45, 2.75) is 12.3 Å². The fraction of sp³-hybridized carbons (Fsp3) is 0.0323. The molecule has 0 aromatic heterocycles. The van der Waals surface area contributed by atoms with Crippen LogP contribution in [0.1, 0.15) is 27.8 Å². The molecule has 65 heavy (non-hydrogen) atoms. The van der Waals surface area contributed by atoms with Crippen molar-refractivity contribution >= 4 is 57.2 Å². The molecule has 0 amide bonds. The molecule has 0 unspecified atom stereocenters. The normalized spacial score (nSPS) is 12.6. The Morgan fingerprint density at radius 2 is 0.692 bits per heavy atom. The Morgan fingerprint density at radius 3 is 1.22 bits per heavy atom. The van der Waals surface area contributed by atoms with E-state index in [1.54, 1.807) is 0 Å². The first-order chi connectivity index (χ1) is 32.2. The van der Waals surface area contributed by atoms with Crippen LogP contribution in [0, 0.1) is 6.92 Å². The van der Waals surface area contributed by atoms with Crippen LogP contribution in [-0.2, 0) is 5.41 Å². The predicted octanol–water partition coefficient (Wildman–Crippen LogP) is 13.8. The lowest BCUT2D eigenvalue weighted by atomic mass is 9.33. The largest absolute Gasteiger partial charge is 0.311 e. The van der Waals surface area contributed by atoms with E-state index in [2.05, 4.69) is 272 Å². The number of hydrogen-bond donors (Lipinski definition) is 0. The number of para-hydroxylation sites is 1. The minimum Gasteiger partial charge on any atom is -0.311 e. The Labute approximate surface area is 382 Å². The standard InChI is InChI=1S/C62H45BN2/c1-44-41-59-61-60(42-44)65(53-36-31-47(32-37-53)45-19-7-2-8-20-45)58-40-33-48(46-21-9-3-10-22-46)43-56(58)63(61)55-29-17-18-30-57(55)64(59)54-38-34-52(35-39-54)62(49-23-11-4-12-24-49,50-25-13-5-14-26-50)51-27-15-6-16-28-51/h2-43H,1H3. The van der Waals surface area contributed by atoms with E-state index in [4.69, 9.17) is 0 Å². The summed E-state index contributed by atoms with van der Waals surface area (Å²) in [6.45, 7) is 2.26. The van der Waals surface area contributed by atoms with Crippen LogP contribution in [0.2, 0.25) is 0 Å². The molecular formula is C62H45BN2. The molecule has 10 aromatic rings. The summed E-state index contributed by atoms with van der Waals surface area (Å²) in [5.41, 5.74) is 21.4. The fourth-order valence-corrected chi connectivity index (χ4v) is 10.8. The third-order valence-corrected chi connectivity index (χ3v) is 13.6. The lowest BCUT2D eigenvalue weighted by Gasteiger charge is -2.44. The Kier molecular flexibility index (Phi) is 9.42. The highest BCUT2D eigenvalue weighted by molar-refractivity contribution is 7.00. The van der Waals surface area contributed by atoms with Gasteiger partial charge in [-0.2, -0.15) is 0 Å². The number of benzene rings is 10. The summed E-state index contributed by atoms with van der Waals surface area (Å²) in [7, 11) is 0. The molecule has 2 heterocycles. The van der Waals surface area contributed by atoms with Gasteiger partial charge in [-0.15, -0.1) is 0 Å². The fourth-order valence-electron chi connectivity index (χ4n) is 10.8. The number of anilines is 6. The molecule has 0 aliphatic carbocycles. The van der Waals surface area contributed by atoms with Gasteiger partial charge in [-0.3, -0.25) is 0 Å². The molecule has 0 atom stereocenters. The summed E-state index contributed by atoms with van der Waals surface area (Å²) in [6.07, 6.45) is 0. The minimum atomic E-state index is -0.535. The van der Waals surface area contributed by atoms with Crippen molar-refractivity contribution in [1.82, 2.24) is 0 Å². The zero-order chi connectivity index (χ0) is 43.3. The van der Waals surface area contributed by atoms with E-state index in [-0.39, 0.29) is 6.71 Å². The van der Waals surface area contributed by atoms with Crippen LogP contribution in [-0.4, -0.2) is 6.71 Å². The molecule has 0 saturated carbocycles. The Bertz CT molecular complexity index is 3200. The highest BCUT2D eigenvalue weighted by Gasteiger charge is 2.44. The van der Waals surface area contributed by atoms with Gasteiger partial charge in [-0.1, -0.05) is 206 Å². The Balaban J connectivity index is 1.06. The number of aryl methyl sites for hydroxylation is 1. The van der Waals surface area contributed by atoms with Crippen molar-refractivity contribution in [1.29, 1.82) is 0 Å². The molecule has 12 rings (SSSR count). The second kappa shape index (κ2) is 15.9. The first-order valence-electron chi connectivity index (χ1n) is 22.6. The van der Waals surface area contributed by atoms with Crippen LogP contribution in [0.4, 0.5) is 34.1 Å². The maximum atomic E-state index is 2.51. The molecule has 2 nitrogen and oxygen atoms in total. The van der Waals surface area contributed by atoms with Crippen molar-refractivity contribution in [2.24, 2.45) is 0 Å². The first kappa shape index (κ1) is 38.5. The average Bonchev–Trinajstić information content (AvgIpc) is 3.38. The van der Waals surface area contributed by atoms with Crippen molar-refractivity contribution in [2.75, 3.05) is 9.80 Å². The zero-order valence-electron chi connectivity index (χ0n) is 36.2. The van der Waals surface area contributed by atoms with Crippen molar-refractivity contribution in [3.63, 3.8) is 0 Å². The molecule has 10 aromatic carbocycles. The SMILES string of the molecule is Cc1cc2c3c(c1)N(c1ccc(-c4ccccc4)cc1)c1ccc(-c4ccccc4)cc1B3c1ccccc1N2c1ccc(C(c2ccccc2)(c2ccccc2)c2ccccc2)cc1. The van der Waals surface area contributed by atoms with E-state index >= 15 is 0 Å². The third-order valence-electron chi connectivity index (χ3n) is 13.6. The number of hydrogen-bond acceptors (Lipinski definition) is 2. The lowest BCUT2D eigenvalue weighted by molar-refractivity contribution is 0.745. The summed E-state index contributed by atoms with van der Waals surface area (Å²) >= 11 is 0. The van der Waals surface area contributed by atoms with Crippen LogP contribution in [0.3, 0.4) is 0 Å². The topological polar surface area (TPSA) is 6.48 Å². The van der Waals surface area contributed by atoms with Crippen LogP contribution in [0.5, 0.6) is 0 Å². The summed E-state index contributed by atoms with van der Waals surface area (Å²) in [4.78, 5) is 5.02. The molecular weight excluding hydrogens is 784 g/mol. The second-order valence-electron chi connectivity index (χ2n) is 17.3. The third kappa shape index (κ3) is 6.34. The summed E-state index contributed by atoms with van der Waals surface area (Å²) < 4.78 is 0. The predicted molar refractivity (Wildman–Crippen MR) is 274 cm³/mol. The Hall–Kier alpha value is -8.14. The van der Waals surface area contributed by atoms with Crippen molar-refractivity contribution < 1.29 is 0 Å². The van der Waals surface area contributed by atoms with Gasteiger partial charge in [-0.05, 0) is 122 Å². The molecule has 0 radical (unpaired) electrons. The lowest BCUT2D eigenvalue weighted by Crippen LogP contribution is -2.61. The molecule has 0 N–H and O–H groups in total. The van der Waals surface area contributed by atoms with Gasteiger partial charge in [-0.25, -0.2) is 0 Å². The maximum Gasteiger partial charge on any atom is 0.252 e. The van der Waals surface area contributed by atoms with Gasteiger partial charge in [0.25, 0.3) is 6.71 Å². The van der Waals surface area contributed by atoms with Crippen LogP contribution < -0.4 is 26.2 Å². The number of nitrogens with zero attached hydrogens (tertiary/aromatic N) is 2. The highest BCUT2D eigenvalue weighted by atomic mass is 15.2. The summed E-state index contributed by atoms with van der Waals surface area (Å²) in [6, 6.07) is 93.9. The maximum absolute atomic E-state index is 2.51. The van der Waals surface area contributed by atoms with Gasteiger partial charge in [0, 0.05) is 34.1 Å². The smallest absolute Gasteiger partial charge is 0.252 e. The molecule has 0 spiro atoms. The highest BCUT2D eigenvalue weighted by Crippen LogP contribution is 2.48. The molecule has 0 bridgehead atoms. The van der Waals surface area contributed by atoms with E-state index in [9.17, 15) is 0 Å².